The molecule has 0 radical (unpaired) electrons. The number of hydrogen-bond acceptors (Lipinski definition) is 5. The van der Waals surface area contributed by atoms with Gasteiger partial charge >= 0.3 is 0 Å². The molecule has 0 bridgehead atoms. The van der Waals surface area contributed by atoms with Gasteiger partial charge in [-0.1, -0.05) is 48.5 Å². The van der Waals surface area contributed by atoms with E-state index in [1.165, 1.54) is 0 Å². The predicted molar refractivity (Wildman–Crippen MR) is 131 cm³/mol. The topological polar surface area (TPSA) is 93.7 Å². The summed E-state index contributed by atoms with van der Waals surface area (Å²) < 4.78 is 38.6. The molecule has 1 atom stereocenters. The second kappa shape index (κ2) is 11.7. The highest BCUT2D eigenvalue weighted by molar-refractivity contribution is 7.89. The van der Waals surface area contributed by atoms with Crippen molar-refractivity contribution in [3.05, 3.63) is 89.5 Å². The van der Waals surface area contributed by atoms with Crippen molar-refractivity contribution in [2.45, 2.75) is 37.2 Å². The molecule has 2 N–H and O–H groups in total. The van der Waals surface area contributed by atoms with E-state index >= 15 is 0 Å². The standard InChI is InChI=1S/C26H30N2O5S/c1-19(22-7-5-4-6-8-22)28-34(30,31)23-13-9-20(10-14-23)12-16-26(29)27-18-21-11-15-24(32-2)25(17-21)33-3/h4-11,13-15,17,19,28H,12,16,18H2,1-3H3,(H,27,29). The van der Waals surface area contributed by atoms with E-state index in [-0.39, 0.29) is 16.8 Å². The molecule has 0 fully saturated rings. The van der Waals surface area contributed by atoms with Crippen LogP contribution in [0.25, 0.3) is 0 Å². The van der Waals surface area contributed by atoms with Crippen LogP contribution < -0.4 is 19.5 Å². The molecule has 0 spiro atoms. The van der Waals surface area contributed by atoms with E-state index in [1.54, 1.807) is 44.6 Å². The molecule has 0 aliphatic rings. The van der Waals surface area contributed by atoms with Gasteiger partial charge in [0.1, 0.15) is 0 Å². The number of amides is 1. The van der Waals surface area contributed by atoms with E-state index in [1.807, 2.05) is 49.4 Å². The van der Waals surface area contributed by atoms with Gasteiger partial charge in [0.05, 0.1) is 19.1 Å². The van der Waals surface area contributed by atoms with Gasteiger partial charge in [0.15, 0.2) is 11.5 Å². The second-order valence-corrected chi connectivity index (χ2v) is 9.58. The molecule has 3 aromatic carbocycles. The van der Waals surface area contributed by atoms with Gasteiger partial charge in [-0.05, 0) is 54.3 Å². The first kappa shape index (κ1) is 25.3. The Morgan fingerprint density at radius 2 is 1.53 bits per heavy atom. The lowest BCUT2D eigenvalue weighted by molar-refractivity contribution is -0.121. The van der Waals surface area contributed by atoms with Crippen LogP contribution in [0, 0.1) is 0 Å². The van der Waals surface area contributed by atoms with E-state index in [2.05, 4.69) is 10.0 Å². The van der Waals surface area contributed by atoms with E-state index in [0.29, 0.717) is 30.9 Å². The molecule has 180 valence electrons. The second-order valence-electron chi connectivity index (χ2n) is 7.86. The maximum Gasteiger partial charge on any atom is 0.241 e. The first-order chi connectivity index (χ1) is 16.3. The van der Waals surface area contributed by atoms with Crippen LogP contribution in [0.3, 0.4) is 0 Å². The largest absolute Gasteiger partial charge is 0.493 e. The van der Waals surface area contributed by atoms with Gasteiger partial charge in [0, 0.05) is 19.0 Å². The number of nitrogens with one attached hydrogen (secondary N) is 2. The quantitative estimate of drug-likeness (QED) is 0.431. The number of carbonyl (C=O) groups excluding carboxylic acids is 1. The van der Waals surface area contributed by atoms with Crippen LogP contribution >= 0.6 is 0 Å². The Morgan fingerprint density at radius 3 is 2.18 bits per heavy atom. The van der Waals surface area contributed by atoms with Crippen LogP contribution in [0.5, 0.6) is 11.5 Å². The van der Waals surface area contributed by atoms with Crippen molar-refractivity contribution in [3.63, 3.8) is 0 Å². The zero-order valence-electron chi connectivity index (χ0n) is 19.6. The summed E-state index contributed by atoms with van der Waals surface area (Å²) in [5, 5.41) is 2.89. The highest BCUT2D eigenvalue weighted by Gasteiger charge is 2.18. The van der Waals surface area contributed by atoms with Crippen molar-refractivity contribution >= 4 is 15.9 Å². The lowest BCUT2D eigenvalue weighted by atomic mass is 10.1. The minimum atomic E-state index is -3.65. The van der Waals surface area contributed by atoms with Gasteiger partial charge < -0.3 is 14.8 Å². The number of methoxy groups -OCH3 is 2. The van der Waals surface area contributed by atoms with Gasteiger partial charge in [-0.25, -0.2) is 13.1 Å². The van der Waals surface area contributed by atoms with Crippen LogP contribution in [-0.2, 0) is 27.8 Å². The van der Waals surface area contributed by atoms with Crippen LogP contribution in [0.1, 0.15) is 36.1 Å². The third-order valence-electron chi connectivity index (χ3n) is 5.44. The monoisotopic (exact) mass is 482 g/mol. The summed E-state index contributed by atoms with van der Waals surface area (Å²) in [6.45, 7) is 2.18. The fraction of sp³-hybridized carbons (Fsp3) is 0.269. The Morgan fingerprint density at radius 1 is 0.882 bits per heavy atom. The number of aryl methyl sites for hydroxylation is 1. The number of carbonyl (C=O) groups is 1. The van der Waals surface area contributed by atoms with Gasteiger partial charge in [-0.3, -0.25) is 4.79 Å². The minimum absolute atomic E-state index is 0.0927. The van der Waals surface area contributed by atoms with Crippen molar-refractivity contribution in [3.8, 4) is 11.5 Å². The maximum absolute atomic E-state index is 12.7. The molecule has 0 aromatic heterocycles. The molecule has 3 rings (SSSR count). The average molecular weight is 483 g/mol. The van der Waals surface area contributed by atoms with Gasteiger partial charge in [0.2, 0.25) is 15.9 Å². The van der Waals surface area contributed by atoms with Gasteiger partial charge in [0.25, 0.3) is 0 Å². The normalized spacial score (nSPS) is 12.1. The van der Waals surface area contributed by atoms with Crippen LogP contribution in [0.15, 0.2) is 77.7 Å². The Hall–Kier alpha value is -3.36. The summed E-state index contributed by atoms with van der Waals surface area (Å²) in [5.41, 5.74) is 2.68. The van der Waals surface area contributed by atoms with Crippen molar-refractivity contribution in [2.24, 2.45) is 0 Å². The first-order valence-corrected chi connectivity index (χ1v) is 12.4. The number of ether oxygens (including phenoxy) is 2. The van der Waals surface area contributed by atoms with Crippen molar-refractivity contribution < 1.29 is 22.7 Å². The maximum atomic E-state index is 12.7. The van der Waals surface area contributed by atoms with E-state index < -0.39 is 10.0 Å². The lowest BCUT2D eigenvalue weighted by Gasteiger charge is -2.15. The molecular weight excluding hydrogens is 452 g/mol. The fourth-order valence-corrected chi connectivity index (χ4v) is 4.72. The number of hydrogen-bond donors (Lipinski definition) is 2. The Bertz CT molecular complexity index is 1200. The summed E-state index contributed by atoms with van der Waals surface area (Å²) in [7, 11) is -0.516. The van der Waals surface area contributed by atoms with Gasteiger partial charge in [-0.2, -0.15) is 0 Å². The van der Waals surface area contributed by atoms with Crippen LogP contribution in [0.2, 0.25) is 0 Å². The molecule has 1 unspecified atom stereocenters. The van der Waals surface area contributed by atoms with Crippen molar-refractivity contribution in [2.75, 3.05) is 14.2 Å². The molecule has 0 saturated carbocycles. The molecule has 0 aliphatic carbocycles. The highest BCUT2D eigenvalue weighted by Crippen LogP contribution is 2.27. The van der Waals surface area contributed by atoms with Crippen LogP contribution in [-0.4, -0.2) is 28.5 Å². The summed E-state index contributed by atoms with van der Waals surface area (Å²) >= 11 is 0. The highest BCUT2D eigenvalue weighted by atomic mass is 32.2. The summed E-state index contributed by atoms with van der Waals surface area (Å²) in [6.07, 6.45) is 0.800. The zero-order valence-corrected chi connectivity index (χ0v) is 20.4. The SMILES string of the molecule is COc1ccc(CNC(=O)CCc2ccc(S(=O)(=O)NC(C)c3ccccc3)cc2)cc1OC. The predicted octanol–water partition coefficient (Wildman–Crippen LogP) is 3.99. The number of rotatable bonds is 11. The first-order valence-electron chi connectivity index (χ1n) is 11.0. The smallest absolute Gasteiger partial charge is 0.241 e. The fourth-order valence-electron chi connectivity index (χ4n) is 3.48. The molecule has 7 nitrogen and oxygen atoms in total. The molecular formula is C26H30N2O5S. The summed E-state index contributed by atoms with van der Waals surface area (Å²) in [4.78, 5) is 12.5. The third-order valence-corrected chi connectivity index (χ3v) is 7.00. The zero-order chi connectivity index (χ0) is 24.6. The number of benzene rings is 3. The van der Waals surface area contributed by atoms with Crippen LogP contribution in [0.4, 0.5) is 0 Å². The van der Waals surface area contributed by atoms with E-state index in [4.69, 9.17) is 9.47 Å². The number of sulfonamides is 1. The summed E-state index contributed by atoms with van der Waals surface area (Å²) in [6, 6.07) is 21.2. The Kier molecular flexibility index (Phi) is 8.67. The summed E-state index contributed by atoms with van der Waals surface area (Å²) in [5.74, 6) is 1.15. The Labute approximate surface area is 201 Å². The molecule has 34 heavy (non-hydrogen) atoms. The molecule has 0 aliphatic heterocycles. The third kappa shape index (κ3) is 6.82. The molecule has 3 aromatic rings. The van der Waals surface area contributed by atoms with Crippen molar-refractivity contribution in [1.82, 2.24) is 10.0 Å². The molecule has 8 heteroatoms. The molecule has 0 saturated heterocycles. The van der Waals surface area contributed by atoms with E-state index in [0.717, 1.165) is 16.7 Å². The molecule has 0 heterocycles. The Balaban J connectivity index is 1.51. The van der Waals surface area contributed by atoms with Crippen molar-refractivity contribution in [1.29, 1.82) is 0 Å². The average Bonchev–Trinajstić information content (AvgIpc) is 2.86. The lowest BCUT2D eigenvalue weighted by Crippen LogP contribution is -2.26. The minimum Gasteiger partial charge on any atom is -0.493 e. The molecule has 1 amide bonds. The van der Waals surface area contributed by atoms with E-state index in [9.17, 15) is 13.2 Å². The van der Waals surface area contributed by atoms with Gasteiger partial charge in [-0.15, -0.1) is 0 Å².